The van der Waals surface area contributed by atoms with E-state index in [4.69, 9.17) is 5.73 Å². The number of thiazole rings is 1. The van der Waals surface area contributed by atoms with Gasteiger partial charge in [-0.2, -0.15) is 0 Å². The minimum Gasteiger partial charge on any atom is -0.375 e. The lowest BCUT2D eigenvalue weighted by Gasteiger charge is -2.35. The summed E-state index contributed by atoms with van der Waals surface area (Å²) < 4.78 is 1.19. The van der Waals surface area contributed by atoms with Gasteiger partial charge in [-0.1, -0.05) is 11.3 Å². The molecule has 0 aliphatic carbocycles. The van der Waals surface area contributed by atoms with Crippen molar-refractivity contribution in [3.63, 3.8) is 0 Å². The lowest BCUT2D eigenvalue weighted by atomic mass is 10.0. The van der Waals surface area contributed by atoms with Gasteiger partial charge in [0.15, 0.2) is 5.13 Å². The fraction of sp³-hybridized carbons (Fsp3) is 0.462. The molecule has 0 amide bonds. The lowest BCUT2D eigenvalue weighted by Crippen LogP contribution is -2.37. The standard InChI is InChI=1S/C13H17N3S/c1-9-4-2-3-7-16(9)10-5-6-11-12(8-10)17-13(14)15-11/h5-6,8-9H,2-4,7H2,1H3,(H2,14,15)/t9-/m1/s1. The van der Waals surface area contributed by atoms with Crippen molar-refractivity contribution in [2.45, 2.75) is 32.2 Å². The summed E-state index contributed by atoms with van der Waals surface area (Å²) in [6, 6.07) is 7.12. The summed E-state index contributed by atoms with van der Waals surface area (Å²) in [5.41, 5.74) is 8.07. The van der Waals surface area contributed by atoms with Gasteiger partial charge in [0.05, 0.1) is 10.2 Å². The molecule has 3 nitrogen and oxygen atoms in total. The van der Waals surface area contributed by atoms with E-state index in [0.717, 1.165) is 5.52 Å². The van der Waals surface area contributed by atoms with Crippen LogP contribution in [-0.2, 0) is 0 Å². The van der Waals surface area contributed by atoms with E-state index < -0.39 is 0 Å². The van der Waals surface area contributed by atoms with Crippen LogP contribution in [0.5, 0.6) is 0 Å². The Hall–Kier alpha value is -1.29. The highest BCUT2D eigenvalue weighted by Crippen LogP contribution is 2.31. The molecule has 1 atom stereocenters. The van der Waals surface area contributed by atoms with Gasteiger partial charge in [-0.3, -0.25) is 0 Å². The van der Waals surface area contributed by atoms with E-state index in [1.54, 1.807) is 11.3 Å². The van der Waals surface area contributed by atoms with E-state index in [1.807, 2.05) is 0 Å². The molecule has 1 aliphatic rings. The topological polar surface area (TPSA) is 42.2 Å². The SMILES string of the molecule is C[C@@H]1CCCCN1c1ccc2nc(N)sc2c1. The number of hydrogen-bond donors (Lipinski definition) is 1. The summed E-state index contributed by atoms with van der Waals surface area (Å²) in [6.45, 7) is 3.48. The third-order valence-corrected chi connectivity index (χ3v) is 4.37. The van der Waals surface area contributed by atoms with Gasteiger partial charge in [0, 0.05) is 18.3 Å². The highest BCUT2D eigenvalue weighted by molar-refractivity contribution is 7.22. The molecule has 90 valence electrons. The number of nitrogen functional groups attached to an aromatic ring is 1. The van der Waals surface area contributed by atoms with Gasteiger partial charge in [0.2, 0.25) is 0 Å². The molecule has 0 unspecified atom stereocenters. The van der Waals surface area contributed by atoms with E-state index in [-0.39, 0.29) is 0 Å². The van der Waals surface area contributed by atoms with Gasteiger partial charge in [-0.25, -0.2) is 4.98 Å². The Labute approximate surface area is 105 Å². The molecule has 2 heterocycles. The molecule has 2 aromatic rings. The third-order valence-electron chi connectivity index (χ3n) is 3.52. The number of aromatic nitrogens is 1. The van der Waals surface area contributed by atoms with Crippen molar-refractivity contribution in [3.05, 3.63) is 18.2 Å². The summed E-state index contributed by atoms with van der Waals surface area (Å²) >= 11 is 1.57. The highest BCUT2D eigenvalue weighted by atomic mass is 32.1. The van der Waals surface area contributed by atoms with Crippen LogP contribution in [0.3, 0.4) is 0 Å². The first-order valence-corrected chi connectivity index (χ1v) is 6.98. The van der Waals surface area contributed by atoms with Gasteiger partial charge in [-0.05, 0) is 44.4 Å². The smallest absolute Gasteiger partial charge is 0.181 e. The number of benzene rings is 1. The fourth-order valence-corrected chi connectivity index (χ4v) is 3.36. The highest BCUT2D eigenvalue weighted by Gasteiger charge is 2.18. The van der Waals surface area contributed by atoms with Crippen molar-refractivity contribution < 1.29 is 0 Å². The zero-order valence-electron chi connectivity index (χ0n) is 10.0. The molecule has 4 heteroatoms. The minimum absolute atomic E-state index is 0.645. The molecule has 17 heavy (non-hydrogen) atoms. The number of piperidine rings is 1. The van der Waals surface area contributed by atoms with Crippen LogP contribution in [0.25, 0.3) is 10.2 Å². The Morgan fingerprint density at radius 1 is 1.41 bits per heavy atom. The van der Waals surface area contributed by atoms with Crippen molar-refractivity contribution in [1.82, 2.24) is 4.98 Å². The summed E-state index contributed by atoms with van der Waals surface area (Å²) in [5.74, 6) is 0. The molecule has 0 bridgehead atoms. The van der Waals surface area contributed by atoms with E-state index in [1.165, 1.54) is 36.2 Å². The fourth-order valence-electron chi connectivity index (χ4n) is 2.59. The maximum absolute atomic E-state index is 5.74. The second-order valence-electron chi connectivity index (χ2n) is 4.74. The van der Waals surface area contributed by atoms with Crippen molar-refractivity contribution >= 4 is 32.4 Å². The Morgan fingerprint density at radius 3 is 3.12 bits per heavy atom. The predicted octanol–water partition coefficient (Wildman–Crippen LogP) is 3.26. The van der Waals surface area contributed by atoms with Gasteiger partial charge in [0.25, 0.3) is 0 Å². The summed E-state index contributed by atoms with van der Waals surface area (Å²) in [4.78, 5) is 6.80. The van der Waals surface area contributed by atoms with E-state index in [0.29, 0.717) is 11.2 Å². The molecule has 1 aromatic heterocycles. The first kappa shape index (κ1) is 10.8. The maximum Gasteiger partial charge on any atom is 0.181 e. The van der Waals surface area contributed by atoms with Gasteiger partial charge >= 0.3 is 0 Å². The van der Waals surface area contributed by atoms with Crippen LogP contribution < -0.4 is 10.6 Å². The first-order chi connectivity index (χ1) is 8.24. The van der Waals surface area contributed by atoms with Gasteiger partial charge in [0.1, 0.15) is 0 Å². The second kappa shape index (κ2) is 4.18. The lowest BCUT2D eigenvalue weighted by molar-refractivity contribution is 0.485. The summed E-state index contributed by atoms with van der Waals surface area (Å²) in [7, 11) is 0. The van der Waals surface area contributed by atoms with Crippen molar-refractivity contribution in [2.75, 3.05) is 17.2 Å². The third kappa shape index (κ3) is 1.97. The molecule has 0 saturated carbocycles. The van der Waals surface area contributed by atoms with Crippen LogP contribution in [0.2, 0.25) is 0 Å². The summed E-state index contributed by atoms with van der Waals surface area (Å²) in [6.07, 6.45) is 3.95. The average molecular weight is 247 g/mol. The molecule has 2 N–H and O–H groups in total. The largest absolute Gasteiger partial charge is 0.375 e. The van der Waals surface area contributed by atoms with Crippen molar-refractivity contribution in [2.24, 2.45) is 0 Å². The number of fused-ring (bicyclic) bond motifs is 1. The van der Waals surface area contributed by atoms with Crippen LogP contribution in [0, 0.1) is 0 Å². The van der Waals surface area contributed by atoms with E-state index in [2.05, 4.69) is 35.0 Å². The molecular formula is C13H17N3S. The van der Waals surface area contributed by atoms with Crippen molar-refractivity contribution in [3.8, 4) is 0 Å². The predicted molar refractivity (Wildman–Crippen MR) is 74.7 cm³/mol. The quantitative estimate of drug-likeness (QED) is 0.841. The monoisotopic (exact) mass is 247 g/mol. The molecule has 1 saturated heterocycles. The number of anilines is 2. The zero-order valence-corrected chi connectivity index (χ0v) is 10.8. The van der Waals surface area contributed by atoms with Gasteiger partial charge < -0.3 is 10.6 Å². The van der Waals surface area contributed by atoms with Crippen LogP contribution in [0.1, 0.15) is 26.2 Å². The summed E-state index contributed by atoms with van der Waals surface area (Å²) in [5, 5.41) is 0.656. The Balaban J connectivity index is 1.98. The van der Waals surface area contributed by atoms with E-state index in [9.17, 15) is 0 Å². The van der Waals surface area contributed by atoms with Crippen LogP contribution >= 0.6 is 11.3 Å². The maximum atomic E-state index is 5.74. The number of nitrogens with two attached hydrogens (primary N) is 1. The van der Waals surface area contributed by atoms with E-state index >= 15 is 0 Å². The molecule has 3 rings (SSSR count). The molecular weight excluding hydrogens is 230 g/mol. The minimum atomic E-state index is 0.645. The molecule has 1 aliphatic heterocycles. The zero-order chi connectivity index (χ0) is 11.8. The number of rotatable bonds is 1. The molecule has 1 aromatic carbocycles. The Bertz CT molecular complexity index is 534. The second-order valence-corrected chi connectivity index (χ2v) is 5.80. The normalized spacial score (nSPS) is 21.0. The number of nitrogens with zero attached hydrogens (tertiary/aromatic N) is 2. The van der Waals surface area contributed by atoms with Gasteiger partial charge in [-0.15, -0.1) is 0 Å². The Kier molecular flexibility index (Phi) is 2.67. The van der Waals surface area contributed by atoms with Crippen LogP contribution in [0.15, 0.2) is 18.2 Å². The molecule has 0 spiro atoms. The van der Waals surface area contributed by atoms with Crippen molar-refractivity contribution in [1.29, 1.82) is 0 Å². The number of hydrogen-bond acceptors (Lipinski definition) is 4. The average Bonchev–Trinajstić information content (AvgIpc) is 2.68. The molecule has 1 fully saturated rings. The Morgan fingerprint density at radius 2 is 2.29 bits per heavy atom. The van der Waals surface area contributed by atoms with Crippen LogP contribution in [-0.4, -0.2) is 17.6 Å². The van der Waals surface area contributed by atoms with Crippen LogP contribution in [0.4, 0.5) is 10.8 Å². The molecule has 0 radical (unpaired) electrons. The first-order valence-electron chi connectivity index (χ1n) is 6.17.